The Morgan fingerprint density at radius 3 is 1.38 bits per heavy atom. The van der Waals surface area contributed by atoms with Crippen molar-refractivity contribution in [2.45, 2.75) is 102 Å². The maximum Gasteiger partial charge on any atom is 0.249 e. The van der Waals surface area contributed by atoms with Crippen LogP contribution in [0.2, 0.25) is 0 Å². The summed E-state index contributed by atoms with van der Waals surface area (Å²) in [6.07, 6.45) is 12.4. The van der Waals surface area contributed by atoms with Gasteiger partial charge in [0, 0.05) is 37.8 Å². The molecular formula is C40H46N6O4. The lowest BCUT2D eigenvalue weighted by Crippen LogP contribution is -2.41. The highest BCUT2D eigenvalue weighted by Gasteiger charge is 2.57. The van der Waals surface area contributed by atoms with E-state index in [9.17, 15) is 9.59 Å². The van der Waals surface area contributed by atoms with Crippen molar-refractivity contribution in [2.75, 3.05) is 13.1 Å². The lowest BCUT2D eigenvalue weighted by molar-refractivity contribution is -0.143. The number of likely N-dealkylation sites (tertiary alicyclic amines) is 2. The van der Waals surface area contributed by atoms with Crippen LogP contribution in [0.5, 0.6) is 0 Å². The molecule has 2 aromatic carbocycles. The van der Waals surface area contributed by atoms with E-state index in [2.05, 4.69) is 34.6 Å². The predicted molar refractivity (Wildman–Crippen MR) is 183 cm³/mol. The van der Waals surface area contributed by atoms with Crippen molar-refractivity contribution in [3.05, 3.63) is 95.2 Å². The summed E-state index contributed by atoms with van der Waals surface area (Å²) in [6.45, 7) is 1.54. The molecule has 5 aliphatic rings. The fourth-order valence-electron chi connectivity index (χ4n) is 8.96. The Morgan fingerprint density at radius 2 is 1.00 bits per heavy atom. The Hall–Kier alpha value is -4.34. The van der Waals surface area contributed by atoms with E-state index in [4.69, 9.17) is 19.0 Å². The molecule has 4 heterocycles. The van der Waals surface area contributed by atoms with Crippen molar-refractivity contribution in [2.24, 2.45) is 22.7 Å². The quantitative estimate of drug-likeness (QED) is 0.184. The van der Waals surface area contributed by atoms with Gasteiger partial charge in [-0.05, 0) is 99.0 Å². The zero-order valence-corrected chi connectivity index (χ0v) is 28.7. The molecule has 2 saturated heterocycles. The molecule has 50 heavy (non-hydrogen) atoms. The number of carbonyl (C=O) groups is 2. The summed E-state index contributed by atoms with van der Waals surface area (Å²) in [6, 6.07) is 20.4. The molecular weight excluding hydrogens is 628 g/mol. The topological polar surface area (TPSA) is 118 Å². The fourth-order valence-corrected chi connectivity index (χ4v) is 8.96. The summed E-state index contributed by atoms with van der Waals surface area (Å²) in [5, 5.41) is 8.60. The maximum absolute atomic E-state index is 14.1. The molecule has 0 radical (unpaired) electrons. The molecule has 260 valence electrons. The third-order valence-electron chi connectivity index (χ3n) is 12.4. The molecule has 0 N–H and O–H groups in total. The zero-order valence-electron chi connectivity index (χ0n) is 28.7. The third-order valence-corrected chi connectivity index (χ3v) is 12.4. The van der Waals surface area contributed by atoms with Crippen LogP contribution in [0, 0.1) is 22.7 Å². The number of nitrogens with zero attached hydrogens (tertiary/aromatic N) is 6. The lowest BCUT2D eigenvalue weighted by atomic mass is 9.80. The van der Waals surface area contributed by atoms with Crippen LogP contribution in [-0.4, -0.2) is 55.0 Å². The first kappa shape index (κ1) is 31.6. The first-order chi connectivity index (χ1) is 24.4. The smallest absolute Gasteiger partial charge is 0.249 e. The Kier molecular flexibility index (Phi) is 8.08. The maximum atomic E-state index is 14.1. The molecule has 3 aliphatic carbocycles. The SMILES string of the molecule is O=C(C1CCC(C(=O)N2CC3(CC3)C[C@H]2c2nc(CCc3ccccc3)no2)CC1)N1CC2(CC2)C[C@H]1c1nc(CCc2ccccc2)no1. The number of hydrogen-bond acceptors (Lipinski definition) is 8. The first-order valence-corrected chi connectivity index (χ1v) is 18.8. The number of aryl methyl sites for hydroxylation is 4. The summed E-state index contributed by atoms with van der Waals surface area (Å²) in [7, 11) is 0. The highest BCUT2D eigenvalue weighted by Crippen LogP contribution is 2.60. The molecule has 2 atom stereocenters. The van der Waals surface area contributed by atoms with E-state index >= 15 is 0 Å². The standard InChI is InChI=1S/C40H46N6O4/c47-37(45-25-39(19-20-39)23-31(45)35-41-33(43-49-35)17-11-27-7-3-1-4-8-27)29-13-15-30(16-14-29)38(48)46-26-40(21-22-40)24-32(46)36-42-34(44-50-36)18-12-28-9-5-2-6-10-28/h1-10,29-32H,11-26H2/t29?,30?,31-,32-/m0/s1. The number of rotatable bonds is 10. The van der Waals surface area contributed by atoms with Crippen LogP contribution in [-0.2, 0) is 35.3 Å². The van der Waals surface area contributed by atoms with Gasteiger partial charge in [0.25, 0.3) is 0 Å². The largest absolute Gasteiger partial charge is 0.337 e. The van der Waals surface area contributed by atoms with Gasteiger partial charge in [0.1, 0.15) is 12.1 Å². The number of amides is 2. The van der Waals surface area contributed by atoms with Gasteiger partial charge in [-0.15, -0.1) is 0 Å². The number of benzene rings is 2. The number of hydrogen-bond donors (Lipinski definition) is 0. The molecule has 5 fully saturated rings. The fraction of sp³-hybridized carbons (Fsp3) is 0.550. The Morgan fingerprint density at radius 1 is 0.600 bits per heavy atom. The molecule has 10 nitrogen and oxygen atoms in total. The van der Waals surface area contributed by atoms with Gasteiger partial charge in [-0.3, -0.25) is 9.59 Å². The summed E-state index contributed by atoms with van der Waals surface area (Å²) in [5.74, 6) is 2.77. The van der Waals surface area contributed by atoms with Crippen LogP contribution in [0.1, 0.15) is 111 Å². The zero-order chi connectivity index (χ0) is 33.7. The minimum Gasteiger partial charge on any atom is -0.337 e. The summed E-state index contributed by atoms with van der Waals surface area (Å²) >= 11 is 0. The number of aromatic nitrogens is 4. The van der Waals surface area contributed by atoms with Gasteiger partial charge in [-0.2, -0.15) is 9.97 Å². The van der Waals surface area contributed by atoms with E-state index < -0.39 is 0 Å². The van der Waals surface area contributed by atoms with E-state index in [1.807, 2.05) is 46.2 Å². The second-order valence-corrected chi connectivity index (χ2v) is 16.0. The van der Waals surface area contributed by atoms with E-state index in [0.29, 0.717) is 36.3 Å². The summed E-state index contributed by atoms with van der Waals surface area (Å²) in [5.41, 5.74) is 2.89. The van der Waals surface area contributed by atoms with E-state index in [1.165, 1.54) is 11.1 Å². The van der Waals surface area contributed by atoms with Crippen molar-refractivity contribution in [1.29, 1.82) is 0 Å². The van der Waals surface area contributed by atoms with Gasteiger partial charge in [-0.25, -0.2) is 0 Å². The van der Waals surface area contributed by atoms with Crippen LogP contribution in [0.4, 0.5) is 0 Å². The highest BCUT2D eigenvalue weighted by atomic mass is 16.5. The van der Waals surface area contributed by atoms with E-state index in [0.717, 1.165) is 90.1 Å². The van der Waals surface area contributed by atoms with Gasteiger partial charge in [-0.1, -0.05) is 71.0 Å². The highest BCUT2D eigenvalue weighted by molar-refractivity contribution is 5.82. The van der Waals surface area contributed by atoms with E-state index in [1.54, 1.807) is 0 Å². The van der Waals surface area contributed by atoms with Crippen molar-refractivity contribution in [1.82, 2.24) is 30.1 Å². The van der Waals surface area contributed by atoms with Crippen molar-refractivity contribution in [3.63, 3.8) is 0 Å². The van der Waals surface area contributed by atoms with Gasteiger partial charge >= 0.3 is 0 Å². The minimum atomic E-state index is -0.158. The molecule has 9 rings (SSSR count). The Labute approximate surface area is 293 Å². The Balaban J connectivity index is 0.825. The second kappa shape index (κ2) is 12.8. The molecule has 0 bridgehead atoms. The lowest BCUT2D eigenvalue weighted by Gasteiger charge is -2.34. The van der Waals surface area contributed by atoms with Gasteiger partial charge in [0.15, 0.2) is 11.6 Å². The van der Waals surface area contributed by atoms with Crippen LogP contribution in [0.25, 0.3) is 0 Å². The third kappa shape index (κ3) is 6.37. The van der Waals surface area contributed by atoms with Crippen molar-refractivity contribution < 1.29 is 18.6 Å². The first-order valence-electron chi connectivity index (χ1n) is 18.8. The van der Waals surface area contributed by atoms with Crippen molar-refractivity contribution in [3.8, 4) is 0 Å². The molecule has 10 heteroatoms. The molecule has 2 aliphatic heterocycles. The molecule has 2 spiro atoms. The van der Waals surface area contributed by atoms with Crippen LogP contribution < -0.4 is 0 Å². The van der Waals surface area contributed by atoms with Crippen molar-refractivity contribution >= 4 is 11.8 Å². The van der Waals surface area contributed by atoms with Gasteiger partial charge < -0.3 is 18.8 Å². The van der Waals surface area contributed by atoms with Gasteiger partial charge in [0.2, 0.25) is 23.6 Å². The van der Waals surface area contributed by atoms with Crippen LogP contribution in [0.3, 0.4) is 0 Å². The van der Waals surface area contributed by atoms with Crippen LogP contribution in [0.15, 0.2) is 69.7 Å². The number of carbonyl (C=O) groups excluding carboxylic acids is 2. The molecule has 4 aromatic rings. The average Bonchev–Trinajstić information content (AvgIpc) is 3.75. The monoisotopic (exact) mass is 674 g/mol. The predicted octanol–water partition coefficient (Wildman–Crippen LogP) is 6.64. The minimum absolute atomic E-state index is 0.0804. The molecule has 0 unspecified atom stereocenters. The van der Waals surface area contributed by atoms with E-state index in [-0.39, 0.29) is 46.6 Å². The molecule has 2 aromatic heterocycles. The summed E-state index contributed by atoms with van der Waals surface area (Å²) in [4.78, 5) is 42.0. The normalized spacial score (nSPS) is 26.2. The van der Waals surface area contributed by atoms with Crippen LogP contribution >= 0.6 is 0 Å². The van der Waals surface area contributed by atoms with Gasteiger partial charge in [0.05, 0.1) is 0 Å². The Bertz CT molecular complexity index is 1690. The molecule has 3 saturated carbocycles. The summed E-state index contributed by atoms with van der Waals surface area (Å²) < 4.78 is 11.6. The molecule has 2 amide bonds. The average molecular weight is 675 g/mol. The second-order valence-electron chi connectivity index (χ2n) is 16.0.